The fourth-order valence-corrected chi connectivity index (χ4v) is 3.19. The molecule has 0 fully saturated rings. The lowest BCUT2D eigenvalue weighted by molar-refractivity contribution is 0.368. The van der Waals surface area contributed by atoms with Crippen molar-refractivity contribution in [2.24, 2.45) is 0 Å². The smallest absolute Gasteiger partial charge is 0.200 e. The monoisotopic (exact) mass is 385 g/mol. The minimum Gasteiger partial charge on any atom is -0.504 e. The Morgan fingerprint density at radius 3 is 2.48 bits per heavy atom. The summed E-state index contributed by atoms with van der Waals surface area (Å²) < 4.78 is 0. The summed E-state index contributed by atoms with van der Waals surface area (Å²) >= 11 is 0. The Hall–Kier alpha value is -4.33. The van der Waals surface area contributed by atoms with Crippen molar-refractivity contribution in [2.75, 3.05) is 5.32 Å². The van der Waals surface area contributed by atoms with E-state index in [0.717, 1.165) is 22.0 Å². The van der Waals surface area contributed by atoms with Gasteiger partial charge in [-0.1, -0.05) is 12.1 Å². The molecule has 3 aromatic carbocycles. The summed E-state index contributed by atoms with van der Waals surface area (Å²) in [5, 5.41) is 41.4. The molecule has 142 valence electrons. The summed E-state index contributed by atoms with van der Waals surface area (Å²) in [6, 6.07) is 15.9. The number of nitrogens with zero attached hydrogens (tertiary/aromatic N) is 3. The average molecular weight is 385 g/mol. The van der Waals surface area contributed by atoms with Crippen LogP contribution in [0.5, 0.6) is 17.2 Å². The SMILES string of the molecule is Oc1cc(-c2nc(Nc3ccc4cn[nH]c4c3)c3ccccc3n2)cc(O)c1O. The summed E-state index contributed by atoms with van der Waals surface area (Å²) in [7, 11) is 0. The Morgan fingerprint density at radius 1 is 0.862 bits per heavy atom. The van der Waals surface area contributed by atoms with E-state index in [1.807, 2.05) is 42.5 Å². The second kappa shape index (κ2) is 6.38. The second-order valence-corrected chi connectivity index (χ2v) is 6.57. The largest absolute Gasteiger partial charge is 0.504 e. The molecule has 2 heterocycles. The number of para-hydroxylation sites is 1. The zero-order chi connectivity index (χ0) is 20.0. The number of rotatable bonds is 3. The van der Waals surface area contributed by atoms with Gasteiger partial charge in [0.15, 0.2) is 23.1 Å². The van der Waals surface area contributed by atoms with E-state index in [1.54, 1.807) is 6.20 Å². The van der Waals surface area contributed by atoms with Crippen LogP contribution in [0.3, 0.4) is 0 Å². The van der Waals surface area contributed by atoms with Crippen LogP contribution in [0.1, 0.15) is 0 Å². The number of phenols is 3. The van der Waals surface area contributed by atoms with Gasteiger partial charge in [-0.15, -0.1) is 0 Å². The van der Waals surface area contributed by atoms with Crippen molar-refractivity contribution in [1.82, 2.24) is 20.2 Å². The maximum absolute atomic E-state index is 9.85. The van der Waals surface area contributed by atoms with Crippen molar-refractivity contribution < 1.29 is 15.3 Å². The molecule has 0 aliphatic carbocycles. The van der Waals surface area contributed by atoms with E-state index < -0.39 is 17.2 Å². The lowest BCUT2D eigenvalue weighted by atomic mass is 10.1. The first-order valence-electron chi connectivity index (χ1n) is 8.81. The molecule has 2 aromatic heterocycles. The highest BCUT2D eigenvalue weighted by Crippen LogP contribution is 2.39. The zero-order valence-corrected chi connectivity index (χ0v) is 15.0. The number of hydrogen-bond donors (Lipinski definition) is 5. The van der Waals surface area contributed by atoms with Gasteiger partial charge in [-0.25, -0.2) is 9.97 Å². The first kappa shape index (κ1) is 16.8. The van der Waals surface area contributed by atoms with Crippen molar-refractivity contribution in [3.05, 3.63) is 60.8 Å². The zero-order valence-electron chi connectivity index (χ0n) is 15.0. The fourth-order valence-electron chi connectivity index (χ4n) is 3.19. The van der Waals surface area contributed by atoms with E-state index >= 15 is 0 Å². The summed E-state index contributed by atoms with van der Waals surface area (Å²) in [5.41, 5.74) is 2.76. The van der Waals surface area contributed by atoms with Gasteiger partial charge >= 0.3 is 0 Å². The van der Waals surface area contributed by atoms with Gasteiger partial charge < -0.3 is 20.6 Å². The van der Waals surface area contributed by atoms with Crippen LogP contribution in [0, 0.1) is 0 Å². The van der Waals surface area contributed by atoms with Gasteiger partial charge in [0.1, 0.15) is 5.82 Å². The number of phenolic OH excluding ortho intramolecular Hbond substituents is 3. The van der Waals surface area contributed by atoms with Gasteiger partial charge in [-0.05, 0) is 42.5 Å². The molecule has 5 aromatic rings. The molecular formula is C21H15N5O3. The number of aromatic hydroxyl groups is 3. The predicted octanol–water partition coefficient (Wildman–Crippen LogP) is 4.03. The standard InChI is InChI=1S/C21H15N5O3/c27-17-7-12(8-18(28)19(17)29)20-24-15-4-2-1-3-14(15)21(25-20)23-13-6-5-11-10-22-26-16(11)9-13/h1-10,27-29H,(H,22,26)(H,23,24,25). The Morgan fingerprint density at radius 2 is 1.66 bits per heavy atom. The Labute approximate surface area is 164 Å². The molecule has 0 saturated carbocycles. The van der Waals surface area contributed by atoms with Crippen molar-refractivity contribution in [3.63, 3.8) is 0 Å². The normalized spacial score (nSPS) is 11.2. The van der Waals surface area contributed by atoms with E-state index in [0.29, 0.717) is 22.7 Å². The van der Waals surface area contributed by atoms with Crippen LogP contribution in [0.25, 0.3) is 33.2 Å². The fraction of sp³-hybridized carbons (Fsp3) is 0. The molecule has 5 rings (SSSR count). The van der Waals surface area contributed by atoms with Gasteiger partial charge in [0.2, 0.25) is 0 Å². The van der Waals surface area contributed by atoms with Gasteiger partial charge in [-0.3, -0.25) is 5.10 Å². The molecule has 0 atom stereocenters. The minimum atomic E-state index is -0.583. The first-order chi connectivity index (χ1) is 14.1. The molecule has 0 aliphatic heterocycles. The molecule has 29 heavy (non-hydrogen) atoms. The van der Waals surface area contributed by atoms with E-state index in [2.05, 4.69) is 25.5 Å². The highest BCUT2D eigenvalue weighted by molar-refractivity contribution is 5.93. The van der Waals surface area contributed by atoms with E-state index in [1.165, 1.54) is 12.1 Å². The average Bonchev–Trinajstić information content (AvgIpc) is 3.19. The third-order valence-electron chi connectivity index (χ3n) is 4.64. The molecule has 0 unspecified atom stereocenters. The molecule has 8 heteroatoms. The van der Waals surface area contributed by atoms with Crippen molar-refractivity contribution in [1.29, 1.82) is 0 Å². The topological polar surface area (TPSA) is 127 Å². The van der Waals surface area contributed by atoms with E-state index in [-0.39, 0.29) is 0 Å². The van der Waals surface area contributed by atoms with Crippen molar-refractivity contribution >= 4 is 33.3 Å². The van der Waals surface area contributed by atoms with E-state index in [9.17, 15) is 15.3 Å². The Kier molecular flexibility index (Phi) is 3.70. The first-order valence-corrected chi connectivity index (χ1v) is 8.81. The van der Waals surface area contributed by atoms with Crippen LogP contribution < -0.4 is 5.32 Å². The number of aromatic amines is 1. The molecular weight excluding hydrogens is 370 g/mol. The third kappa shape index (κ3) is 2.92. The summed E-state index contributed by atoms with van der Waals surface area (Å²) in [6.45, 7) is 0. The number of H-pyrrole nitrogens is 1. The summed E-state index contributed by atoms with van der Waals surface area (Å²) in [6.07, 6.45) is 1.75. The van der Waals surface area contributed by atoms with Crippen LogP contribution in [0.15, 0.2) is 60.8 Å². The van der Waals surface area contributed by atoms with Crippen LogP contribution in [-0.2, 0) is 0 Å². The number of anilines is 2. The van der Waals surface area contributed by atoms with Crippen LogP contribution >= 0.6 is 0 Å². The number of fused-ring (bicyclic) bond motifs is 2. The minimum absolute atomic E-state index is 0.291. The third-order valence-corrected chi connectivity index (χ3v) is 4.64. The number of hydrogen-bond acceptors (Lipinski definition) is 7. The molecule has 0 amide bonds. The molecule has 0 aliphatic rings. The van der Waals surface area contributed by atoms with Crippen molar-refractivity contribution in [2.45, 2.75) is 0 Å². The van der Waals surface area contributed by atoms with Gasteiger partial charge in [-0.2, -0.15) is 5.10 Å². The summed E-state index contributed by atoms with van der Waals surface area (Å²) in [4.78, 5) is 9.12. The van der Waals surface area contributed by atoms with Crippen LogP contribution in [0.2, 0.25) is 0 Å². The summed E-state index contributed by atoms with van der Waals surface area (Å²) in [5.74, 6) is -0.622. The molecule has 8 nitrogen and oxygen atoms in total. The number of benzene rings is 3. The lowest BCUT2D eigenvalue weighted by Gasteiger charge is -2.12. The maximum atomic E-state index is 9.85. The molecule has 0 radical (unpaired) electrons. The Bertz CT molecular complexity index is 1360. The molecule has 5 N–H and O–H groups in total. The van der Waals surface area contributed by atoms with Gasteiger partial charge in [0, 0.05) is 22.0 Å². The van der Waals surface area contributed by atoms with Gasteiger partial charge in [0.25, 0.3) is 0 Å². The second-order valence-electron chi connectivity index (χ2n) is 6.57. The lowest BCUT2D eigenvalue weighted by Crippen LogP contribution is -1.99. The van der Waals surface area contributed by atoms with E-state index in [4.69, 9.17) is 0 Å². The number of nitrogens with one attached hydrogen (secondary N) is 2. The Balaban J connectivity index is 1.66. The van der Waals surface area contributed by atoms with Crippen LogP contribution in [-0.4, -0.2) is 35.5 Å². The predicted molar refractivity (Wildman–Crippen MR) is 109 cm³/mol. The molecule has 0 bridgehead atoms. The van der Waals surface area contributed by atoms with Gasteiger partial charge in [0.05, 0.1) is 17.2 Å². The highest BCUT2D eigenvalue weighted by Gasteiger charge is 2.14. The quantitative estimate of drug-likeness (QED) is 0.297. The highest BCUT2D eigenvalue weighted by atomic mass is 16.3. The molecule has 0 saturated heterocycles. The van der Waals surface area contributed by atoms with Crippen molar-refractivity contribution in [3.8, 4) is 28.6 Å². The molecule has 0 spiro atoms. The van der Waals surface area contributed by atoms with Crippen LogP contribution in [0.4, 0.5) is 11.5 Å². The number of aromatic nitrogens is 4. The maximum Gasteiger partial charge on any atom is 0.200 e.